The molecule has 0 fully saturated rings. The van der Waals surface area contributed by atoms with Gasteiger partial charge < -0.3 is 5.32 Å². The van der Waals surface area contributed by atoms with Crippen molar-refractivity contribution in [3.8, 4) is 11.3 Å². The van der Waals surface area contributed by atoms with Crippen LogP contribution < -0.4 is 5.32 Å². The van der Waals surface area contributed by atoms with E-state index in [9.17, 15) is 4.79 Å². The third-order valence-electron chi connectivity index (χ3n) is 3.74. The number of aromatic nitrogens is 1. The van der Waals surface area contributed by atoms with Crippen LogP contribution >= 0.6 is 11.3 Å². The largest absolute Gasteiger partial charge is 0.349 e. The number of hydrogen-bond acceptors (Lipinski definition) is 3. The zero-order valence-corrected chi connectivity index (χ0v) is 13.8. The molecule has 112 valence electrons. The second-order valence-corrected chi connectivity index (χ2v) is 6.48. The van der Waals surface area contributed by atoms with E-state index in [1.807, 2.05) is 27.7 Å². The lowest BCUT2D eigenvalue weighted by atomic mass is 10.0. The van der Waals surface area contributed by atoms with Crippen LogP contribution in [-0.2, 0) is 4.79 Å². The van der Waals surface area contributed by atoms with Gasteiger partial charge >= 0.3 is 0 Å². The lowest BCUT2D eigenvalue weighted by Crippen LogP contribution is -2.31. The van der Waals surface area contributed by atoms with Gasteiger partial charge in [0.1, 0.15) is 0 Å². The molecule has 0 spiro atoms. The van der Waals surface area contributed by atoms with Gasteiger partial charge in [-0.15, -0.1) is 11.3 Å². The van der Waals surface area contributed by atoms with E-state index in [4.69, 9.17) is 0 Å². The van der Waals surface area contributed by atoms with Crippen molar-refractivity contribution in [1.82, 2.24) is 10.3 Å². The van der Waals surface area contributed by atoms with Gasteiger partial charge in [0.15, 0.2) is 0 Å². The molecular formula is C17H22N2OS. The van der Waals surface area contributed by atoms with Crippen LogP contribution in [0.1, 0.15) is 43.8 Å². The quantitative estimate of drug-likeness (QED) is 0.892. The van der Waals surface area contributed by atoms with E-state index in [0.29, 0.717) is 0 Å². The van der Waals surface area contributed by atoms with Crippen molar-refractivity contribution >= 4 is 17.2 Å². The minimum Gasteiger partial charge on any atom is -0.349 e. The molecule has 1 amide bonds. The van der Waals surface area contributed by atoms with Gasteiger partial charge in [-0.25, -0.2) is 4.98 Å². The highest BCUT2D eigenvalue weighted by molar-refractivity contribution is 7.09. The Kier molecular flexibility index (Phi) is 5.12. The fourth-order valence-electron chi connectivity index (χ4n) is 2.06. The molecule has 4 heteroatoms. The molecule has 1 aromatic carbocycles. The summed E-state index contributed by atoms with van der Waals surface area (Å²) in [5.74, 6) is 0.175. The van der Waals surface area contributed by atoms with E-state index >= 15 is 0 Å². The maximum absolute atomic E-state index is 11.9. The lowest BCUT2D eigenvalue weighted by Gasteiger charge is -2.17. The average Bonchev–Trinajstić information content (AvgIpc) is 2.93. The summed E-state index contributed by atoms with van der Waals surface area (Å²) < 4.78 is 0. The number of rotatable bonds is 5. The van der Waals surface area contributed by atoms with Crippen LogP contribution in [0.3, 0.4) is 0 Å². The Balaban J connectivity index is 2.06. The number of benzene rings is 1. The number of nitrogens with one attached hydrogen (secondary N) is 1. The molecule has 0 radical (unpaired) electrons. The van der Waals surface area contributed by atoms with E-state index in [0.717, 1.165) is 28.2 Å². The smallest absolute Gasteiger partial charge is 0.223 e. The van der Waals surface area contributed by atoms with Gasteiger partial charge in [0, 0.05) is 16.9 Å². The normalized spacial score (nSPS) is 13.7. The maximum atomic E-state index is 11.9. The summed E-state index contributed by atoms with van der Waals surface area (Å²) in [6, 6.07) is 8.28. The number of carbonyl (C=O) groups is 1. The third-order valence-corrected chi connectivity index (χ3v) is 4.52. The van der Waals surface area contributed by atoms with E-state index in [2.05, 4.69) is 39.9 Å². The molecule has 0 aliphatic rings. The van der Waals surface area contributed by atoms with Gasteiger partial charge in [-0.05, 0) is 25.8 Å². The second-order valence-electron chi connectivity index (χ2n) is 5.41. The molecular weight excluding hydrogens is 280 g/mol. The Hall–Kier alpha value is -1.68. The zero-order chi connectivity index (χ0) is 15.4. The van der Waals surface area contributed by atoms with Crippen molar-refractivity contribution in [1.29, 1.82) is 0 Å². The van der Waals surface area contributed by atoms with Crippen molar-refractivity contribution < 1.29 is 4.79 Å². The van der Waals surface area contributed by atoms with Crippen LogP contribution in [0, 0.1) is 12.8 Å². The second kappa shape index (κ2) is 6.85. The van der Waals surface area contributed by atoms with Crippen molar-refractivity contribution in [2.45, 2.75) is 40.2 Å². The fraction of sp³-hybridized carbons (Fsp3) is 0.412. The Labute approximate surface area is 130 Å². The SMILES string of the molecule is CC[C@@H](C)C(=O)N[C@@H](C)c1ccc(-c2csc(C)n2)cc1. The van der Waals surface area contributed by atoms with E-state index in [1.54, 1.807) is 11.3 Å². The number of thiazole rings is 1. The molecule has 2 rings (SSSR count). The first-order chi connectivity index (χ1) is 10.0. The molecule has 2 aromatic rings. The summed E-state index contributed by atoms with van der Waals surface area (Å²) in [5, 5.41) is 6.20. The third kappa shape index (κ3) is 3.91. The van der Waals surface area contributed by atoms with E-state index in [-0.39, 0.29) is 17.9 Å². The van der Waals surface area contributed by atoms with Crippen LogP contribution in [0.4, 0.5) is 0 Å². The minimum atomic E-state index is 0.0257. The zero-order valence-electron chi connectivity index (χ0n) is 13.0. The van der Waals surface area contributed by atoms with Gasteiger partial charge in [-0.1, -0.05) is 38.1 Å². The minimum absolute atomic E-state index is 0.0257. The molecule has 0 aliphatic carbocycles. The highest BCUT2D eigenvalue weighted by atomic mass is 32.1. The lowest BCUT2D eigenvalue weighted by molar-refractivity contribution is -0.125. The molecule has 1 heterocycles. The van der Waals surface area contributed by atoms with Crippen LogP contribution in [0.2, 0.25) is 0 Å². The molecule has 0 bridgehead atoms. The Morgan fingerprint density at radius 1 is 1.29 bits per heavy atom. The Morgan fingerprint density at radius 2 is 1.95 bits per heavy atom. The van der Waals surface area contributed by atoms with Crippen molar-refractivity contribution in [3.05, 3.63) is 40.2 Å². The van der Waals surface area contributed by atoms with E-state index < -0.39 is 0 Å². The molecule has 2 atom stereocenters. The summed E-state index contributed by atoms with van der Waals surface area (Å²) in [4.78, 5) is 16.4. The molecule has 0 unspecified atom stereocenters. The summed E-state index contributed by atoms with van der Waals surface area (Å²) in [5.41, 5.74) is 3.24. The molecule has 3 nitrogen and oxygen atoms in total. The standard InChI is InChI=1S/C17H22N2OS/c1-5-11(2)17(20)18-12(3)14-6-8-15(9-7-14)16-10-21-13(4)19-16/h6-12H,5H2,1-4H3,(H,18,20)/t11-,12+/m1/s1. The highest BCUT2D eigenvalue weighted by Crippen LogP contribution is 2.23. The topological polar surface area (TPSA) is 42.0 Å². The van der Waals surface area contributed by atoms with Gasteiger partial charge in [0.25, 0.3) is 0 Å². The van der Waals surface area contributed by atoms with Gasteiger partial charge in [-0.3, -0.25) is 4.79 Å². The first-order valence-electron chi connectivity index (χ1n) is 7.34. The van der Waals surface area contributed by atoms with Crippen LogP contribution in [0.15, 0.2) is 29.6 Å². The summed E-state index contributed by atoms with van der Waals surface area (Å²) in [6.07, 6.45) is 0.862. The molecule has 21 heavy (non-hydrogen) atoms. The van der Waals surface area contributed by atoms with Crippen LogP contribution in [0.5, 0.6) is 0 Å². The Bertz CT molecular complexity index is 604. The molecule has 1 aromatic heterocycles. The first kappa shape index (κ1) is 15.7. The van der Waals surface area contributed by atoms with Crippen molar-refractivity contribution in [2.24, 2.45) is 5.92 Å². The van der Waals surface area contributed by atoms with Gasteiger partial charge in [0.05, 0.1) is 16.7 Å². The summed E-state index contributed by atoms with van der Waals surface area (Å²) in [7, 11) is 0. The average molecular weight is 302 g/mol. The fourth-order valence-corrected chi connectivity index (χ4v) is 2.68. The number of carbonyl (C=O) groups excluding carboxylic acids is 1. The van der Waals surface area contributed by atoms with Crippen molar-refractivity contribution in [2.75, 3.05) is 0 Å². The maximum Gasteiger partial charge on any atom is 0.223 e. The number of amides is 1. The van der Waals surface area contributed by atoms with Crippen LogP contribution in [0.25, 0.3) is 11.3 Å². The predicted octanol–water partition coefficient (Wildman–Crippen LogP) is 4.34. The Morgan fingerprint density at radius 3 is 2.48 bits per heavy atom. The molecule has 0 saturated heterocycles. The summed E-state index contributed by atoms with van der Waals surface area (Å²) >= 11 is 1.66. The number of aryl methyl sites for hydroxylation is 1. The van der Waals surface area contributed by atoms with Crippen LogP contribution in [-0.4, -0.2) is 10.9 Å². The molecule has 1 N–H and O–H groups in total. The number of hydrogen-bond donors (Lipinski definition) is 1. The summed E-state index contributed by atoms with van der Waals surface area (Å²) in [6.45, 7) is 8.01. The number of nitrogens with zero attached hydrogens (tertiary/aromatic N) is 1. The monoisotopic (exact) mass is 302 g/mol. The highest BCUT2D eigenvalue weighted by Gasteiger charge is 2.14. The first-order valence-corrected chi connectivity index (χ1v) is 8.22. The molecule has 0 saturated carbocycles. The van der Waals surface area contributed by atoms with Crippen molar-refractivity contribution in [3.63, 3.8) is 0 Å². The van der Waals surface area contributed by atoms with Gasteiger partial charge in [-0.2, -0.15) is 0 Å². The predicted molar refractivity (Wildman–Crippen MR) is 88.3 cm³/mol. The van der Waals surface area contributed by atoms with E-state index in [1.165, 1.54) is 0 Å². The molecule has 0 aliphatic heterocycles. The van der Waals surface area contributed by atoms with Gasteiger partial charge in [0.2, 0.25) is 5.91 Å².